The van der Waals surface area contributed by atoms with E-state index >= 15 is 0 Å². The van der Waals surface area contributed by atoms with E-state index in [1.807, 2.05) is 18.2 Å². The van der Waals surface area contributed by atoms with Crippen LogP contribution in [0.3, 0.4) is 0 Å². The number of benzene rings is 1. The number of likely N-dealkylation sites (N-methyl/N-ethyl adjacent to an activating group) is 1. The van der Waals surface area contributed by atoms with Crippen molar-refractivity contribution in [2.24, 2.45) is 10.7 Å². The molecule has 9 heteroatoms. The molecule has 0 unspecified atom stereocenters. The Kier molecular flexibility index (Phi) is 9.01. The highest BCUT2D eigenvalue weighted by Gasteiger charge is 2.20. The second-order valence-electron chi connectivity index (χ2n) is 5.93. The summed E-state index contributed by atoms with van der Waals surface area (Å²) in [5.74, 6) is 0.693. The van der Waals surface area contributed by atoms with Crippen LogP contribution in [0.4, 0.5) is 5.69 Å². The lowest BCUT2D eigenvalue weighted by atomic mass is 10.0. The van der Waals surface area contributed by atoms with Crippen LogP contribution >= 0.6 is 35.3 Å². The van der Waals surface area contributed by atoms with Gasteiger partial charge in [0.25, 0.3) is 10.0 Å². The maximum absolute atomic E-state index is 12.3. The van der Waals surface area contributed by atoms with E-state index in [1.54, 1.807) is 24.6 Å². The van der Waals surface area contributed by atoms with Gasteiger partial charge in [0.05, 0.1) is 6.54 Å². The second-order valence-corrected chi connectivity index (χ2v) is 9.15. The standard InChI is InChI=1S/C17H24N4O2S2.HI/c1-13(2)14-6-4-7-15(12-14)20-17(18)19-9-10-21(3)25(22,23)16-8-5-11-24-16;/h4-8,11-13H,9-10H2,1-3H3,(H3,18,19,20);1H. The van der Waals surface area contributed by atoms with Gasteiger partial charge in [0.15, 0.2) is 5.96 Å². The highest BCUT2D eigenvalue weighted by molar-refractivity contribution is 14.0. The lowest BCUT2D eigenvalue weighted by molar-refractivity contribution is 0.479. The fourth-order valence-electron chi connectivity index (χ4n) is 2.16. The van der Waals surface area contributed by atoms with E-state index in [9.17, 15) is 8.42 Å². The van der Waals surface area contributed by atoms with Crippen molar-refractivity contribution in [2.45, 2.75) is 24.0 Å². The Morgan fingerprint density at radius 1 is 1.31 bits per heavy atom. The van der Waals surface area contributed by atoms with Crippen LogP contribution in [-0.4, -0.2) is 38.8 Å². The van der Waals surface area contributed by atoms with Crippen molar-refractivity contribution in [1.29, 1.82) is 0 Å². The molecule has 2 aromatic rings. The minimum atomic E-state index is -3.45. The van der Waals surface area contributed by atoms with Crippen molar-refractivity contribution in [2.75, 3.05) is 25.5 Å². The van der Waals surface area contributed by atoms with Crippen molar-refractivity contribution < 1.29 is 8.42 Å². The quantitative estimate of drug-likeness (QED) is 0.340. The first-order chi connectivity index (χ1) is 11.8. The first kappa shape index (κ1) is 22.9. The van der Waals surface area contributed by atoms with E-state index in [-0.39, 0.29) is 43.0 Å². The molecule has 0 aliphatic rings. The van der Waals surface area contributed by atoms with E-state index in [4.69, 9.17) is 5.73 Å². The van der Waals surface area contributed by atoms with Gasteiger partial charge in [-0.2, -0.15) is 4.31 Å². The molecular weight excluding hydrogens is 483 g/mol. The number of nitrogens with two attached hydrogens (primary N) is 1. The molecule has 0 saturated carbocycles. The Hall–Kier alpha value is -1.17. The van der Waals surface area contributed by atoms with E-state index in [1.165, 1.54) is 21.2 Å². The predicted molar refractivity (Wildman–Crippen MR) is 120 cm³/mol. The molecule has 0 aliphatic carbocycles. The van der Waals surface area contributed by atoms with Gasteiger partial charge in [-0.25, -0.2) is 8.42 Å². The number of nitrogens with zero attached hydrogens (tertiary/aromatic N) is 2. The molecule has 0 fully saturated rings. The first-order valence-electron chi connectivity index (χ1n) is 7.97. The highest BCUT2D eigenvalue weighted by atomic mass is 127. The van der Waals surface area contributed by atoms with Crippen LogP contribution < -0.4 is 11.1 Å². The number of rotatable bonds is 7. The van der Waals surface area contributed by atoms with Crippen molar-refractivity contribution in [1.82, 2.24) is 4.31 Å². The number of thiophene rings is 1. The molecule has 0 atom stereocenters. The molecule has 0 saturated heterocycles. The molecule has 0 aliphatic heterocycles. The molecule has 2 rings (SSSR count). The van der Waals surface area contributed by atoms with Crippen LogP contribution in [0.2, 0.25) is 0 Å². The van der Waals surface area contributed by atoms with Crippen LogP contribution in [-0.2, 0) is 10.0 Å². The van der Waals surface area contributed by atoms with E-state index in [0.29, 0.717) is 10.1 Å². The van der Waals surface area contributed by atoms with Gasteiger partial charge in [0.2, 0.25) is 0 Å². The van der Waals surface area contributed by atoms with Gasteiger partial charge in [-0.15, -0.1) is 35.3 Å². The maximum atomic E-state index is 12.3. The first-order valence-corrected chi connectivity index (χ1v) is 10.3. The number of guanidine groups is 1. The summed E-state index contributed by atoms with van der Waals surface area (Å²) >= 11 is 1.20. The van der Waals surface area contributed by atoms with Crippen molar-refractivity contribution >= 4 is 57.0 Å². The fourth-order valence-corrected chi connectivity index (χ4v) is 4.52. The van der Waals surface area contributed by atoms with Crippen molar-refractivity contribution in [3.8, 4) is 0 Å². The molecule has 1 heterocycles. The second kappa shape index (κ2) is 10.2. The molecule has 0 amide bonds. The lowest BCUT2D eigenvalue weighted by Gasteiger charge is -2.15. The summed E-state index contributed by atoms with van der Waals surface area (Å²) in [5, 5.41) is 4.78. The van der Waals surface area contributed by atoms with Crippen LogP contribution in [0.15, 0.2) is 51.0 Å². The van der Waals surface area contributed by atoms with E-state index in [0.717, 1.165) is 5.69 Å². The summed E-state index contributed by atoms with van der Waals surface area (Å²) in [6.45, 7) is 4.79. The minimum Gasteiger partial charge on any atom is -0.370 e. The number of sulfonamides is 1. The number of nitrogens with one attached hydrogen (secondary N) is 1. The van der Waals surface area contributed by atoms with E-state index in [2.05, 4.69) is 30.2 Å². The molecule has 6 nitrogen and oxygen atoms in total. The Bertz CT molecular complexity index is 821. The predicted octanol–water partition coefficient (Wildman–Crippen LogP) is 3.54. The maximum Gasteiger partial charge on any atom is 0.252 e. The third-order valence-corrected chi connectivity index (χ3v) is 6.91. The summed E-state index contributed by atoms with van der Waals surface area (Å²) in [4.78, 5) is 4.21. The minimum absolute atomic E-state index is 0. The summed E-state index contributed by atoms with van der Waals surface area (Å²) in [5.41, 5.74) is 7.97. The van der Waals surface area contributed by atoms with Crippen LogP contribution in [0.5, 0.6) is 0 Å². The molecule has 3 N–H and O–H groups in total. The monoisotopic (exact) mass is 508 g/mol. The van der Waals surface area contributed by atoms with Gasteiger partial charge < -0.3 is 11.1 Å². The van der Waals surface area contributed by atoms with Crippen molar-refractivity contribution in [3.63, 3.8) is 0 Å². The van der Waals surface area contributed by atoms with Gasteiger partial charge >= 0.3 is 0 Å². The lowest BCUT2D eigenvalue weighted by Crippen LogP contribution is -2.30. The smallest absolute Gasteiger partial charge is 0.252 e. The normalized spacial score (nSPS) is 12.3. The molecular formula is C17H25IN4O2S2. The Morgan fingerprint density at radius 3 is 2.65 bits per heavy atom. The SMILES string of the molecule is CC(C)c1cccc(NC(N)=NCCN(C)S(=O)(=O)c2cccs2)c1.I. The van der Waals surface area contributed by atoms with Gasteiger partial charge in [-0.1, -0.05) is 32.0 Å². The van der Waals surface area contributed by atoms with Crippen LogP contribution in [0, 0.1) is 0 Å². The fraction of sp³-hybridized carbons (Fsp3) is 0.353. The zero-order chi connectivity index (χ0) is 18.4. The average molecular weight is 508 g/mol. The molecule has 26 heavy (non-hydrogen) atoms. The molecule has 1 aromatic heterocycles. The summed E-state index contributed by atoms with van der Waals surface area (Å²) < 4.78 is 26.2. The number of aliphatic imine (C=N–C) groups is 1. The Morgan fingerprint density at radius 2 is 2.04 bits per heavy atom. The Balaban J connectivity index is 0.00000338. The van der Waals surface area contributed by atoms with Crippen LogP contribution in [0.1, 0.15) is 25.3 Å². The summed E-state index contributed by atoms with van der Waals surface area (Å²) in [6, 6.07) is 11.3. The average Bonchev–Trinajstić information content (AvgIpc) is 3.10. The van der Waals surface area contributed by atoms with Crippen molar-refractivity contribution in [3.05, 3.63) is 47.3 Å². The Labute approximate surface area is 176 Å². The molecule has 0 radical (unpaired) electrons. The van der Waals surface area contributed by atoms with Gasteiger partial charge in [-0.3, -0.25) is 4.99 Å². The molecule has 1 aromatic carbocycles. The van der Waals surface area contributed by atoms with Crippen LogP contribution in [0.25, 0.3) is 0 Å². The largest absolute Gasteiger partial charge is 0.370 e. The van der Waals surface area contributed by atoms with Gasteiger partial charge in [0.1, 0.15) is 4.21 Å². The number of hydrogen-bond acceptors (Lipinski definition) is 4. The number of halogens is 1. The third kappa shape index (κ3) is 6.22. The topological polar surface area (TPSA) is 87.8 Å². The third-order valence-electron chi connectivity index (χ3n) is 3.68. The number of anilines is 1. The van der Waals surface area contributed by atoms with Gasteiger partial charge in [0, 0.05) is 19.3 Å². The van der Waals surface area contributed by atoms with Gasteiger partial charge in [-0.05, 0) is 35.1 Å². The zero-order valence-electron chi connectivity index (χ0n) is 15.0. The summed E-state index contributed by atoms with van der Waals surface area (Å²) in [7, 11) is -1.90. The molecule has 0 spiro atoms. The molecule has 0 bridgehead atoms. The van der Waals surface area contributed by atoms with E-state index < -0.39 is 10.0 Å². The molecule has 144 valence electrons. The zero-order valence-corrected chi connectivity index (χ0v) is 19.0. The summed E-state index contributed by atoms with van der Waals surface area (Å²) in [6.07, 6.45) is 0. The number of hydrogen-bond donors (Lipinski definition) is 2. The highest BCUT2D eigenvalue weighted by Crippen LogP contribution is 2.20.